The lowest BCUT2D eigenvalue weighted by atomic mass is 10.1. The Morgan fingerprint density at radius 2 is 1.31 bits per heavy atom. The normalized spacial score (nSPS) is 13.4. The van der Waals surface area contributed by atoms with E-state index in [-0.39, 0.29) is 24.3 Å². The second kappa shape index (κ2) is 12.5. The van der Waals surface area contributed by atoms with E-state index < -0.39 is 0 Å². The Bertz CT molecular complexity index is 1150. The van der Waals surface area contributed by atoms with E-state index in [0.717, 1.165) is 37.2 Å². The molecule has 186 valence electrons. The molecule has 1 fully saturated rings. The van der Waals surface area contributed by atoms with Crippen molar-refractivity contribution in [2.24, 2.45) is 0 Å². The van der Waals surface area contributed by atoms with Crippen molar-refractivity contribution >= 4 is 29.1 Å². The maximum absolute atomic E-state index is 12.7. The van der Waals surface area contributed by atoms with Crippen molar-refractivity contribution in [1.82, 2.24) is 10.2 Å². The number of hydrogen-bond acceptors (Lipinski definition) is 4. The lowest BCUT2D eigenvalue weighted by Gasteiger charge is -2.20. The minimum Gasteiger partial charge on any atom is -0.376 e. The van der Waals surface area contributed by atoms with E-state index in [1.54, 1.807) is 48.5 Å². The standard InChI is InChI=1S/C29H32N4O3/c34-27(32-26-16-12-24(13-17-26)29(36)33-18-6-1-2-7-19-33)21-30-25-14-10-23(11-15-25)28(35)31-20-22-8-4-3-5-9-22/h3-5,8-17,30H,1-2,6-7,18-21H2,(H,31,35)(H,32,34). The summed E-state index contributed by atoms with van der Waals surface area (Å²) in [5.74, 6) is -0.305. The molecule has 7 heteroatoms. The van der Waals surface area contributed by atoms with Crippen molar-refractivity contribution in [1.29, 1.82) is 0 Å². The van der Waals surface area contributed by atoms with Crippen LogP contribution in [0, 0.1) is 0 Å². The van der Waals surface area contributed by atoms with Crippen molar-refractivity contribution in [3.05, 3.63) is 95.6 Å². The van der Waals surface area contributed by atoms with Gasteiger partial charge in [0.25, 0.3) is 11.8 Å². The third kappa shape index (κ3) is 7.18. The first-order valence-electron chi connectivity index (χ1n) is 12.4. The van der Waals surface area contributed by atoms with Crippen molar-refractivity contribution in [2.45, 2.75) is 32.2 Å². The molecule has 1 aliphatic rings. The number of rotatable bonds is 8. The number of carbonyl (C=O) groups excluding carboxylic acids is 3. The fourth-order valence-electron chi connectivity index (χ4n) is 4.16. The van der Waals surface area contributed by atoms with Gasteiger partial charge in [-0.25, -0.2) is 0 Å². The van der Waals surface area contributed by atoms with E-state index in [2.05, 4.69) is 16.0 Å². The third-order valence-corrected chi connectivity index (χ3v) is 6.20. The summed E-state index contributed by atoms with van der Waals surface area (Å²) in [7, 11) is 0. The summed E-state index contributed by atoms with van der Waals surface area (Å²) in [6.45, 7) is 2.16. The maximum atomic E-state index is 12.7. The fraction of sp³-hybridized carbons (Fsp3) is 0.276. The molecule has 3 aromatic rings. The number of likely N-dealkylation sites (tertiary alicyclic amines) is 1. The Morgan fingerprint density at radius 1 is 0.694 bits per heavy atom. The van der Waals surface area contributed by atoms with E-state index in [4.69, 9.17) is 0 Å². The highest BCUT2D eigenvalue weighted by atomic mass is 16.2. The average Bonchev–Trinajstić information content (AvgIpc) is 3.21. The van der Waals surface area contributed by atoms with Gasteiger partial charge in [0.1, 0.15) is 0 Å². The van der Waals surface area contributed by atoms with Crippen LogP contribution in [0.2, 0.25) is 0 Å². The van der Waals surface area contributed by atoms with Crippen LogP contribution in [-0.2, 0) is 11.3 Å². The summed E-state index contributed by atoms with van der Waals surface area (Å²) in [6.07, 6.45) is 4.46. The van der Waals surface area contributed by atoms with E-state index >= 15 is 0 Å². The first kappa shape index (κ1) is 25.0. The van der Waals surface area contributed by atoms with Gasteiger partial charge in [-0.2, -0.15) is 0 Å². The molecule has 0 aromatic heterocycles. The van der Waals surface area contributed by atoms with Gasteiger partial charge in [-0.3, -0.25) is 14.4 Å². The van der Waals surface area contributed by atoms with Gasteiger partial charge < -0.3 is 20.9 Å². The molecule has 0 atom stereocenters. The molecule has 3 amide bonds. The predicted molar refractivity (Wildman–Crippen MR) is 142 cm³/mol. The maximum Gasteiger partial charge on any atom is 0.253 e. The molecule has 0 spiro atoms. The SMILES string of the molecule is O=C(CNc1ccc(C(=O)NCc2ccccc2)cc1)Nc1ccc(C(=O)N2CCCCCC2)cc1. The lowest BCUT2D eigenvalue weighted by Crippen LogP contribution is -2.31. The number of benzene rings is 3. The molecule has 3 N–H and O–H groups in total. The molecule has 0 radical (unpaired) electrons. The molecule has 1 heterocycles. The van der Waals surface area contributed by atoms with Crippen LogP contribution in [0.1, 0.15) is 52.0 Å². The number of nitrogens with one attached hydrogen (secondary N) is 3. The molecule has 7 nitrogen and oxygen atoms in total. The Hall–Kier alpha value is -4.13. The lowest BCUT2D eigenvalue weighted by molar-refractivity contribution is -0.114. The van der Waals surface area contributed by atoms with Gasteiger partial charge in [-0.05, 0) is 66.9 Å². The second-order valence-electron chi connectivity index (χ2n) is 8.93. The number of anilines is 2. The molecular formula is C29H32N4O3. The van der Waals surface area contributed by atoms with Crippen LogP contribution >= 0.6 is 0 Å². The van der Waals surface area contributed by atoms with Crippen molar-refractivity contribution in [3.8, 4) is 0 Å². The zero-order valence-electron chi connectivity index (χ0n) is 20.3. The van der Waals surface area contributed by atoms with Gasteiger partial charge in [0.2, 0.25) is 5.91 Å². The van der Waals surface area contributed by atoms with E-state index in [0.29, 0.717) is 23.4 Å². The number of nitrogens with zero attached hydrogens (tertiary/aromatic N) is 1. The quantitative estimate of drug-likeness (QED) is 0.433. The summed E-state index contributed by atoms with van der Waals surface area (Å²) in [5, 5.41) is 8.80. The van der Waals surface area contributed by atoms with E-state index in [1.165, 1.54) is 12.8 Å². The summed E-state index contributed by atoms with van der Waals surface area (Å²) < 4.78 is 0. The molecule has 0 saturated carbocycles. The number of hydrogen-bond donors (Lipinski definition) is 3. The summed E-state index contributed by atoms with van der Waals surface area (Å²) in [4.78, 5) is 39.4. The van der Waals surface area contributed by atoms with Gasteiger partial charge in [0.15, 0.2) is 0 Å². The van der Waals surface area contributed by atoms with Crippen LogP contribution in [0.3, 0.4) is 0 Å². The second-order valence-corrected chi connectivity index (χ2v) is 8.93. The van der Waals surface area contributed by atoms with Crippen LogP contribution in [-0.4, -0.2) is 42.3 Å². The summed E-state index contributed by atoms with van der Waals surface area (Å²) in [6, 6.07) is 23.8. The highest BCUT2D eigenvalue weighted by Crippen LogP contribution is 2.16. The van der Waals surface area contributed by atoms with Gasteiger partial charge in [0.05, 0.1) is 6.54 Å². The third-order valence-electron chi connectivity index (χ3n) is 6.20. The van der Waals surface area contributed by atoms with Gasteiger partial charge in [-0.15, -0.1) is 0 Å². The Balaban J connectivity index is 1.22. The monoisotopic (exact) mass is 484 g/mol. The first-order valence-corrected chi connectivity index (χ1v) is 12.4. The fourth-order valence-corrected chi connectivity index (χ4v) is 4.16. The summed E-state index contributed by atoms with van der Waals surface area (Å²) >= 11 is 0. The minimum absolute atomic E-state index is 0.0497. The van der Waals surface area contributed by atoms with Crippen LogP contribution in [0.15, 0.2) is 78.9 Å². The molecule has 36 heavy (non-hydrogen) atoms. The van der Waals surface area contributed by atoms with Gasteiger partial charge in [0, 0.05) is 42.1 Å². The molecule has 1 aliphatic heterocycles. The van der Waals surface area contributed by atoms with Gasteiger partial charge in [-0.1, -0.05) is 43.2 Å². The Kier molecular flexibility index (Phi) is 8.70. The smallest absolute Gasteiger partial charge is 0.253 e. The first-order chi connectivity index (χ1) is 17.6. The van der Waals surface area contributed by atoms with Crippen molar-refractivity contribution in [3.63, 3.8) is 0 Å². The minimum atomic E-state index is -0.203. The van der Waals surface area contributed by atoms with Crippen molar-refractivity contribution in [2.75, 3.05) is 30.3 Å². The number of amides is 3. The zero-order chi connectivity index (χ0) is 25.2. The Labute approximate surface area is 211 Å². The van der Waals surface area contributed by atoms with Crippen LogP contribution < -0.4 is 16.0 Å². The molecular weight excluding hydrogens is 452 g/mol. The predicted octanol–water partition coefficient (Wildman–Crippen LogP) is 4.68. The van der Waals surface area contributed by atoms with Crippen LogP contribution in [0.25, 0.3) is 0 Å². The molecule has 0 aliphatic carbocycles. The van der Waals surface area contributed by atoms with E-state index in [1.807, 2.05) is 35.2 Å². The molecule has 0 unspecified atom stereocenters. The zero-order valence-corrected chi connectivity index (χ0v) is 20.3. The van der Waals surface area contributed by atoms with Crippen molar-refractivity contribution < 1.29 is 14.4 Å². The molecule has 3 aromatic carbocycles. The molecule has 1 saturated heterocycles. The van der Waals surface area contributed by atoms with Gasteiger partial charge >= 0.3 is 0 Å². The highest BCUT2D eigenvalue weighted by Gasteiger charge is 2.17. The highest BCUT2D eigenvalue weighted by molar-refractivity contribution is 5.97. The molecule has 4 rings (SSSR count). The van der Waals surface area contributed by atoms with Crippen LogP contribution in [0.5, 0.6) is 0 Å². The summed E-state index contributed by atoms with van der Waals surface area (Å²) in [5.41, 5.74) is 3.60. The Morgan fingerprint density at radius 3 is 1.97 bits per heavy atom. The topological polar surface area (TPSA) is 90.5 Å². The van der Waals surface area contributed by atoms with E-state index in [9.17, 15) is 14.4 Å². The average molecular weight is 485 g/mol. The van der Waals surface area contributed by atoms with Crippen LogP contribution in [0.4, 0.5) is 11.4 Å². The molecule has 0 bridgehead atoms. The number of carbonyl (C=O) groups is 3. The largest absolute Gasteiger partial charge is 0.376 e.